The summed E-state index contributed by atoms with van der Waals surface area (Å²) < 4.78 is 37.8. The summed E-state index contributed by atoms with van der Waals surface area (Å²) in [6, 6.07) is 2.52. The first-order valence-electron chi connectivity index (χ1n) is 5.95. The average Bonchev–Trinajstić information content (AvgIpc) is 2.38. The first-order valence-corrected chi connectivity index (χ1v) is 5.95. The molecule has 1 amide bonds. The molecule has 0 bridgehead atoms. The lowest BCUT2D eigenvalue weighted by atomic mass is 9.97. The minimum Gasteiger partial charge on any atom is -0.371 e. The van der Waals surface area contributed by atoms with Gasteiger partial charge in [0, 0.05) is 25.0 Å². The minimum absolute atomic E-state index is 0.309. The van der Waals surface area contributed by atoms with Gasteiger partial charge < -0.3 is 10.6 Å². The standard InChI is InChI=1S/C12H14F3N3O/c13-12(14,15)10-6-9(3-4-17-10)18-5-1-2-8(7-18)11(16)19/h3-4,6,8H,1-2,5,7H2,(H2,16,19). The van der Waals surface area contributed by atoms with Crippen molar-refractivity contribution in [3.63, 3.8) is 0 Å². The number of pyridine rings is 1. The highest BCUT2D eigenvalue weighted by Gasteiger charge is 2.33. The molecule has 1 unspecified atom stereocenters. The fourth-order valence-corrected chi connectivity index (χ4v) is 2.22. The summed E-state index contributed by atoms with van der Waals surface area (Å²) in [4.78, 5) is 16.2. The molecule has 1 saturated heterocycles. The van der Waals surface area contributed by atoms with E-state index in [1.54, 1.807) is 4.90 Å². The molecule has 1 aromatic heterocycles. The largest absolute Gasteiger partial charge is 0.433 e. The SMILES string of the molecule is NC(=O)C1CCCN(c2ccnc(C(F)(F)F)c2)C1. The van der Waals surface area contributed by atoms with Gasteiger partial charge in [0.15, 0.2) is 0 Å². The van der Waals surface area contributed by atoms with Crippen molar-refractivity contribution in [2.24, 2.45) is 11.7 Å². The third kappa shape index (κ3) is 3.15. The van der Waals surface area contributed by atoms with Gasteiger partial charge in [0.05, 0.1) is 5.92 Å². The molecule has 1 fully saturated rings. The molecule has 0 aliphatic carbocycles. The second-order valence-corrected chi connectivity index (χ2v) is 4.58. The summed E-state index contributed by atoms with van der Waals surface area (Å²) in [5, 5.41) is 0. The average molecular weight is 273 g/mol. The second-order valence-electron chi connectivity index (χ2n) is 4.58. The van der Waals surface area contributed by atoms with E-state index in [9.17, 15) is 18.0 Å². The Balaban J connectivity index is 2.20. The van der Waals surface area contributed by atoms with Crippen molar-refractivity contribution in [3.8, 4) is 0 Å². The zero-order chi connectivity index (χ0) is 14.0. The molecule has 2 N–H and O–H groups in total. The quantitative estimate of drug-likeness (QED) is 0.894. The van der Waals surface area contributed by atoms with Gasteiger partial charge in [0.1, 0.15) is 5.69 Å². The van der Waals surface area contributed by atoms with Crippen molar-refractivity contribution in [1.82, 2.24) is 4.98 Å². The number of aromatic nitrogens is 1. The van der Waals surface area contributed by atoms with Gasteiger partial charge in [0.2, 0.25) is 5.91 Å². The van der Waals surface area contributed by atoms with Crippen molar-refractivity contribution in [3.05, 3.63) is 24.0 Å². The molecular formula is C12H14F3N3O. The number of amides is 1. The Morgan fingerprint density at radius 1 is 1.47 bits per heavy atom. The van der Waals surface area contributed by atoms with Crippen LogP contribution in [0.4, 0.5) is 18.9 Å². The van der Waals surface area contributed by atoms with Gasteiger partial charge in [-0.3, -0.25) is 9.78 Å². The van der Waals surface area contributed by atoms with Crippen LogP contribution in [0.5, 0.6) is 0 Å². The number of primary amides is 1. The van der Waals surface area contributed by atoms with Gasteiger partial charge in [-0.15, -0.1) is 0 Å². The Labute approximate surface area is 108 Å². The highest BCUT2D eigenvalue weighted by molar-refractivity contribution is 5.77. The minimum atomic E-state index is -4.46. The van der Waals surface area contributed by atoms with E-state index in [1.807, 2.05) is 0 Å². The molecule has 0 saturated carbocycles. The smallest absolute Gasteiger partial charge is 0.371 e. The molecule has 1 atom stereocenters. The number of carbonyl (C=O) groups excluding carboxylic acids is 1. The molecule has 2 heterocycles. The summed E-state index contributed by atoms with van der Waals surface area (Å²) in [5.41, 5.74) is 4.75. The van der Waals surface area contributed by atoms with Crippen molar-refractivity contribution in [2.45, 2.75) is 19.0 Å². The fraction of sp³-hybridized carbons (Fsp3) is 0.500. The van der Waals surface area contributed by atoms with E-state index in [4.69, 9.17) is 5.73 Å². The van der Waals surface area contributed by atoms with Gasteiger partial charge in [-0.1, -0.05) is 0 Å². The first kappa shape index (κ1) is 13.6. The lowest BCUT2D eigenvalue weighted by Crippen LogP contribution is -2.41. The fourth-order valence-electron chi connectivity index (χ4n) is 2.22. The van der Waals surface area contributed by atoms with Crippen LogP contribution >= 0.6 is 0 Å². The normalized spacial score (nSPS) is 20.4. The number of hydrogen-bond acceptors (Lipinski definition) is 3. The van der Waals surface area contributed by atoms with Gasteiger partial charge >= 0.3 is 6.18 Å². The number of carbonyl (C=O) groups is 1. The summed E-state index contributed by atoms with van der Waals surface area (Å²) in [6.45, 7) is 0.974. The molecule has 1 aromatic rings. The molecule has 2 rings (SSSR count). The van der Waals surface area contributed by atoms with Crippen molar-refractivity contribution in [2.75, 3.05) is 18.0 Å². The molecule has 19 heavy (non-hydrogen) atoms. The van der Waals surface area contributed by atoms with E-state index in [0.29, 0.717) is 25.2 Å². The Bertz CT molecular complexity index is 476. The van der Waals surface area contributed by atoms with Gasteiger partial charge in [0.25, 0.3) is 0 Å². The number of nitrogens with two attached hydrogens (primary N) is 1. The van der Waals surface area contributed by atoms with Crippen LogP contribution < -0.4 is 10.6 Å². The number of piperidine rings is 1. The predicted octanol–water partition coefficient (Wildman–Crippen LogP) is 1.80. The van der Waals surface area contributed by atoms with Crippen LogP contribution in [0.1, 0.15) is 18.5 Å². The van der Waals surface area contributed by atoms with Crippen molar-refractivity contribution >= 4 is 11.6 Å². The summed E-state index contributed by atoms with van der Waals surface area (Å²) in [6.07, 6.45) is -1.92. The Hall–Kier alpha value is -1.79. The lowest BCUT2D eigenvalue weighted by Gasteiger charge is -2.33. The van der Waals surface area contributed by atoms with Gasteiger partial charge in [-0.05, 0) is 25.0 Å². The molecule has 7 heteroatoms. The Kier molecular flexibility index (Phi) is 3.64. The number of alkyl halides is 3. The molecule has 1 aliphatic heterocycles. The topological polar surface area (TPSA) is 59.2 Å². The van der Waals surface area contributed by atoms with E-state index in [0.717, 1.165) is 18.7 Å². The summed E-state index contributed by atoms with van der Waals surface area (Å²) >= 11 is 0. The van der Waals surface area contributed by atoms with Crippen LogP contribution in [0.2, 0.25) is 0 Å². The Morgan fingerprint density at radius 2 is 2.21 bits per heavy atom. The van der Waals surface area contributed by atoms with E-state index in [1.165, 1.54) is 6.07 Å². The van der Waals surface area contributed by atoms with Crippen LogP contribution in [0.15, 0.2) is 18.3 Å². The van der Waals surface area contributed by atoms with Crippen molar-refractivity contribution in [1.29, 1.82) is 0 Å². The maximum absolute atomic E-state index is 12.6. The maximum Gasteiger partial charge on any atom is 0.433 e. The predicted molar refractivity (Wildman–Crippen MR) is 63.4 cm³/mol. The highest BCUT2D eigenvalue weighted by atomic mass is 19.4. The zero-order valence-corrected chi connectivity index (χ0v) is 10.2. The van der Waals surface area contributed by atoms with Crippen LogP contribution in [-0.4, -0.2) is 24.0 Å². The van der Waals surface area contributed by atoms with E-state index in [-0.39, 0.29) is 5.92 Å². The zero-order valence-electron chi connectivity index (χ0n) is 10.2. The van der Waals surface area contributed by atoms with Crippen molar-refractivity contribution < 1.29 is 18.0 Å². The number of anilines is 1. The van der Waals surface area contributed by atoms with E-state index in [2.05, 4.69) is 4.98 Å². The van der Waals surface area contributed by atoms with Crippen LogP contribution in [0, 0.1) is 5.92 Å². The summed E-state index contributed by atoms with van der Waals surface area (Å²) in [5.74, 6) is -0.717. The Morgan fingerprint density at radius 3 is 2.84 bits per heavy atom. The molecular weight excluding hydrogens is 259 g/mol. The molecule has 0 radical (unpaired) electrons. The molecule has 0 aromatic carbocycles. The van der Waals surface area contributed by atoms with E-state index >= 15 is 0 Å². The number of rotatable bonds is 2. The molecule has 104 valence electrons. The summed E-state index contributed by atoms with van der Waals surface area (Å²) in [7, 11) is 0. The number of nitrogens with zero attached hydrogens (tertiary/aromatic N) is 2. The van der Waals surface area contributed by atoms with Gasteiger partial charge in [-0.2, -0.15) is 13.2 Å². The third-order valence-electron chi connectivity index (χ3n) is 3.22. The van der Waals surface area contributed by atoms with Gasteiger partial charge in [-0.25, -0.2) is 0 Å². The van der Waals surface area contributed by atoms with Crippen LogP contribution in [0.25, 0.3) is 0 Å². The molecule has 1 aliphatic rings. The highest BCUT2D eigenvalue weighted by Crippen LogP contribution is 2.31. The molecule has 4 nitrogen and oxygen atoms in total. The van der Waals surface area contributed by atoms with Crippen LogP contribution in [0.3, 0.4) is 0 Å². The van der Waals surface area contributed by atoms with E-state index < -0.39 is 17.8 Å². The first-order chi connectivity index (χ1) is 8.88. The second kappa shape index (κ2) is 5.07. The number of halogens is 3. The number of hydrogen-bond donors (Lipinski definition) is 1. The maximum atomic E-state index is 12.6. The lowest BCUT2D eigenvalue weighted by molar-refractivity contribution is -0.141. The third-order valence-corrected chi connectivity index (χ3v) is 3.22. The molecule has 0 spiro atoms. The monoisotopic (exact) mass is 273 g/mol. The van der Waals surface area contributed by atoms with Crippen LogP contribution in [-0.2, 0) is 11.0 Å².